The summed E-state index contributed by atoms with van der Waals surface area (Å²) in [6.45, 7) is 1.68. The lowest BCUT2D eigenvalue weighted by molar-refractivity contribution is -0.146. The fourth-order valence-corrected chi connectivity index (χ4v) is 2.36. The van der Waals surface area contributed by atoms with E-state index in [9.17, 15) is 4.79 Å². The Bertz CT molecular complexity index is 350. The fraction of sp³-hybridized carbons (Fsp3) is 0.462. The molecule has 0 amide bonds. The van der Waals surface area contributed by atoms with Crippen molar-refractivity contribution in [3.05, 3.63) is 35.9 Å². The fourth-order valence-electron chi connectivity index (χ4n) is 2.36. The average Bonchev–Trinajstić information content (AvgIpc) is 2.39. The maximum Gasteiger partial charge on any atom is 0.310 e. The summed E-state index contributed by atoms with van der Waals surface area (Å²) < 4.78 is 4.86. The first kappa shape index (κ1) is 11.1. The van der Waals surface area contributed by atoms with Crippen molar-refractivity contribution in [2.24, 2.45) is 5.92 Å². The van der Waals surface area contributed by atoms with Gasteiger partial charge in [0.05, 0.1) is 13.0 Å². The van der Waals surface area contributed by atoms with Crippen LogP contribution < -0.4 is 5.32 Å². The summed E-state index contributed by atoms with van der Waals surface area (Å²) in [7, 11) is 1.46. The zero-order valence-electron chi connectivity index (χ0n) is 9.48. The molecule has 0 radical (unpaired) electrons. The molecule has 1 N–H and O–H groups in total. The molecule has 0 unspecified atom stereocenters. The Kier molecular flexibility index (Phi) is 3.57. The molecule has 1 fully saturated rings. The second-order valence-electron chi connectivity index (χ2n) is 4.14. The van der Waals surface area contributed by atoms with E-state index in [4.69, 9.17) is 4.74 Å². The van der Waals surface area contributed by atoms with Gasteiger partial charge in [-0.1, -0.05) is 30.3 Å². The third-order valence-electron chi connectivity index (χ3n) is 3.21. The molecule has 86 valence electrons. The summed E-state index contributed by atoms with van der Waals surface area (Å²) in [5.74, 6) is 0.122. The van der Waals surface area contributed by atoms with Crippen LogP contribution in [0, 0.1) is 5.92 Å². The van der Waals surface area contributed by atoms with Crippen LogP contribution in [0.1, 0.15) is 17.9 Å². The maximum atomic E-state index is 11.7. The van der Waals surface area contributed by atoms with Crippen LogP contribution in [-0.4, -0.2) is 26.2 Å². The van der Waals surface area contributed by atoms with Gasteiger partial charge in [-0.05, 0) is 24.4 Å². The number of esters is 1. The van der Waals surface area contributed by atoms with Gasteiger partial charge < -0.3 is 10.1 Å². The van der Waals surface area contributed by atoms with E-state index in [0.717, 1.165) is 13.0 Å². The number of piperidine rings is 1. The number of methoxy groups -OCH3 is 1. The number of hydrogen-bond donors (Lipinski definition) is 1. The molecule has 1 heterocycles. The van der Waals surface area contributed by atoms with Crippen molar-refractivity contribution in [3.8, 4) is 0 Å². The monoisotopic (exact) mass is 219 g/mol. The summed E-state index contributed by atoms with van der Waals surface area (Å²) in [6.07, 6.45) is 0.990. The molecular weight excluding hydrogens is 202 g/mol. The van der Waals surface area contributed by atoms with E-state index >= 15 is 0 Å². The molecular formula is C13H17NO2. The lowest BCUT2D eigenvalue weighted by atomic mass is 9.81. The van der Waals surface area contributed by atoms with Crippen LogP contribution in [0.15, 0.2) is 30.3 Å². The van der Waals surface area contributed by atoms with Crippen molar-refractivity contribution >= 4 is 5.97 Å². The highest BCUT2D eigenvalue weighted by Gasteiger charge is 2.32. The third-order valence-corrected chi connectivity index (χ3v) is 3.21. The number of nitrogens with one attached hydrogen (secondary N) is 1. The van der Waals surface area contributed by atoms with Crippen molar-refractivity contribution < 1.29 is 9.53 Å². The molecule has 0 aliphatic carbocycles. The third kappa shape index (κ3) is 2.25. The molecule has 1 aromatic carbocycles. The molecule has 1 saturated heterocycles. The van der Waals surface area contributed by atoms with Gasteiger partial charge in [0.15, 0.2) is 0 Å². The van der Waals surface area contributed by atoms with Crippen molar-refractivity contribution in [1.82, 2.24) is 5.32 Å². The predicted octanol–water partition coefficient (Wildman–Crippen LogP) is 1.55. The van der Waals surface area contributed by atoms with Gasteiger partial charge in [0.1, 0.15) is 0 Å². The zero-order valence-corrected chi connectivity index (χ0v) is 9.48. The minimum Gasteiger partial charge on any atom is -0.469 e. The molecule has 2 atom stereocenters. The van der Waals surface area contributed by atoms with Crippen LogP contribution in [0.2, 0.25) is 0 Å². The normalized spacial score (nSPS) is 25.1. The second kappa shape index (κ2) is 5.12. The topological polar surface area (TPSA) is 38.3 Å². The quantitative estimate of drug-likeness (QED) is 0.767. The first-order chi connectivity index (χ1) is 7.83. The van der Waals surface area contributed by atoms with Crippen LogP contribution in [0.4, 0.5) is 0 Å². The van der Waals surface area contributed by atoms with Gasteiger partial charge in [-0.15, -0.1) is 0 Å². The Balaban J connectivity index is 2.20. The van der Waals surface area contributed by atoms with Gasteiger partial charge >= 0.3 is 5.97 Å². The van der Waals surface area contributed by atoms with Gasteiger partial charge in [0.25, 0.3) is 0 Å². The van der Waals surface area contributed by atoms with Crippen molar-refractivity contribution in [2.75, 3.05) is 20.2 Å². The molecule has 0 spiro atoms. The lowest BCUT2D eigenvalue weighted by Crippen LogP contribution is -2.40. The number of benzene rings is 1. The highest BCUT2D eigenvalue weighted by molar-refractivity contribution is 5.74. The number of rotatable bonds is 2. The summed E-state index contributed by atoms with van der Waals surface area (Å²) in [5.41, 5.74) is 1.24. The molecule has 3 heteroatoms. The molecule has 0 aromatic heterocycles. The Labute approximate surface area is 95.8 Å². The first-order valence-electron chi connectivity index (χ1n) is 5.66. The van der Waals surface area contributed by atoms with E-state index in [-0.39, 0.29) is 17.8 Å². The van der Waals surface area contributed by atoms with Crippen molar-refractivity contribution in [1.29, 1.82) is 0 Å². The first-order valence-corrected chi connectivity index (χ1v) is 5.66. The number of carbonyl (C=O) groups is 1. The highest BCUT2D eigenvalue weighted by Crippen LogP contribution is 2.30. The SMILES string of the molecule is COC(=O)[C@@H]1CNCC[C@@H]1c1ccccc1. The van der Waals surface area contributed by atoms with Crippen LogP contribution in [0.5, 0.6) is 0 Å². The Morgan fingerprint density at radius 3 is 2.81 bits per heavy atom. The lowest BCUT2D eigenvalue weighted by Gasteiger charge is -2.30. The molecule has 2 rings (SSSR count). The maximum absolute atomic E-state index is 11.7. The molecule has 16 heavy (non-hydrogen) atoms. The van der Waals surface area contributed by atoms with Gasteiger partial charge in [-0.2, -0.15) is 0 Å². The standard InChI is InChI=1S/C13H17NO2/c1-16-13(15)12-9-14-8-7-11(12)10-5-3-2-4-6-10/h2-6,11-12,14H,7-9H2,1H3/t11-,12-/m1/s1. The van der Waals surface area contributed by atoms with Gasteiger partial charge in [-0.3, -0.25) is 4.79 Å². The van der Waals surface area contributed by atoms with Gasteiger partial charge in [0, 0.05) is 6.54 Å². The summed E-state index contributed by atoms with van der Waals surface area (Å²) in [5, 5.41) is 3.25. The Morgan fingerprint density at radius 1 is 1.38 bits per heavy atom. The van der Waals surface area contributed by atoms with Gasteiger partial charge in [0.2, 0.25) is 0 Å². The van der Waals surface area contributed by atoms with E-state index in [0.29, 0.717) is 6.54 Å². The van der Waals surface area contributed by atoms with E-state index < -0.39 is 0 Å². The average molecular weight is 219 g/mol. The largest absolute Gasteiger partial charge is 0.469 e. The molecule has 3 nitrogen and oxygen atoms in total. The van der Waals surface area contributed by atoms with E-state index in [1.165, 1.54) is 12.7 Å². The van der Waals surface area contributed by atoms with Crippen LogP contribution in [0.25, 0.3) is 0 Å². The van der Waals surface area contributed by atoms with Crippen LogP contribution in [0.3, 0.4) is 0 Å². The zero-order chi connectivity index (χ0) is 11.4. The molecule has 1 aromatic rings. The summed E-state index contributed by atoms with van der Waals surface area (Å²) in [6, 6.07) is 10.2. The predicted molar refractivity (Wildman–Crippen MR) is 62.2 cm³/mol. The highest BCUT2D eigenvalue weighted by atomic mass is 16.5. The molecule has 0 bridgehead atoms. The van der Waals surface area contributed by atoms with Crippen molar-refractivity contribution in [2.45, 2.75) is 12.3 Å². The van der Waals surface area contributed by atoms with Gasteiger partial charge in [-0.25, -0.2) is 0 Å². The number of ether oxygens (including phenoxy) is 1. The summed E-state index contributed by atoms with van der Waals surface area (Å²) in [4.78, 5) is 11.7. The Morgan fingerprint density at radius 2 is 2.12 bits per heavy atom. The number of hydrogen-bond acceptors (Lipinski definition) is 3. The number of carbonyl (C=O) groups excluding carboxylic acids is 1. The second-order valence-corrected chi connectivity index (χ2v) is 4.14. The molecule has 0 saturated carbocycles. The minimum atomic E-state index is -0.110. The Hall–Kier alpha value is -1.35. The van der Waals surface area contributed by atoms with Crippen LogP contribution >= 0.6 is 0 Å². The van der Waals surface area contributed by atoms with Crippen LogP contribution in [-0.2, 0) is 9.53 Å². The van der Waals surface area contributed by atoms with Crippen molar-refractivity contribution in [3.63, 3.8) is 0 Å². The van der Waals surface area contributed by atoms with E-state index in [1.54, 1.807) is 0 Å². The van der Waals surface area contributed by atoms with E-state index in [1.807, 2.05) is 18.2 Å². The van der Waals surface area contributed by atoms with E-state index in [2.05, 4.69) is 17.4 Å². The molecule has 1 aliphatic heterocycles. The summed E-state index contributed by atoms with van der Waals surface area (Å²) >= 11 is 0. The molecule has 1 aliphatic rings. The minimum absolute atomic E-state index is 0.0545. The smallest absolute Gasteiger partial charge is 0.310 e.